The highest BCUT2D eigenvalue weighted by Gasteiger charge is 2.49. The third kappa shape index (κ3) is 11.4. The number of benzene rings is 3. The molecule has 1 spiro atoms. The zero-order valence-electron chi connectivity index (χ0n) is 46.2. The highest BCUT2D eigenvalue weighted by Crippen LogP contribution is 2.60. The smallest absolute Gasteiger partial charge is 0.189 e. The lowest BCUT2D eigenvalue weighted by Crippen LogP contribution is -2.50. The molecule has 10 heteroatoms. The summed E-state index contributed by atoms with van der Waals surface area (Å²) in [6.07, 6.45) is 23.9. The molecule has 9 atom stereocenters. The molecule has 4 saturated carbocycles. The van der Waals surface area contributed by atoms with Crippen LogP contribution in [0.5, 0.6) is 17.2 Å². The Balaban J connectivity index is 1.11. The molecule has 1 aliphatic heterocycles. The lowest BCUT2D eigenvalue weighted by Gasteiger charge is -2.50. The number of nitrogens with zero attached hydrogens (tertiary/aromatic N) is 1. The van der Waals surface area contributed by atoms with Crippen LogP contribution in [0.15, 0.2) is 76.3 Å². The molecular formula is C67H87N3O7. The number of nitrogens with two attached hydrogens (primary N) is 1. The van der Waals surface area contributed by atoms with Gasteiger partial charge in [0, 0.05) is 42.4 Å². The van der Waals surface area contributed by atoms with Crippen LogP contribution in [0.2, 0.25) is 0 Å². The summed E-state index contributed by atoms with van der Waals surface area (Å²) in [5, 5.41) is 50.0. The van der Waals surface area contributed by atoms with Crippen LogP contribution >= 0.6 is 0 Å². The van der Waals surface area contributed by atoms with Gasteiger partial charge >= 0.3 is 0 Å². The number of carbonyl (C=O) groups is 1. The number of aryl methyl sites for hydroxylation is 1. The van der Waals surface area contributed by atoms with Crippen LogP contribution in [0.4, 0.5) is 0 Å². The molecule has 10 nitrogen and oxygen atoms in total. The van der Waals surface area contributed by atoms with Gasteiger partial charge in [-0.25, -0.2) is 4.99 Å². The predicted molar refractivity (Wildman–Crippen MR) is 304 cm³/mol. The second kappa shape index (κ2) is 23.7. The normalized spacial score (nSPS) is 29.4. The number of rotatable bonds is 12. The summed E-state index contributed by atoms with van der Waals surface area (Å²) in [5.74, 6) is 8.88. The molecule has 3 aromatic rings. The molecule has 0 saturated heterocycles. The molecule has 0 amide bonds. The van der Waals surface area contributed by atoms with E-state index in [-0.39, 0.29) is 102 Å². The topological polar surface area (TPSA) is 167 Å². The summed E-state index contributed by atoms with van der Waals surface area (Å²) in [5.41, 5.74) is 16.9. The Morgan fingerprint density at radius 3 is 2.45 bits per heavy atom. The minimum absolute atomic E-state index is 0.0106. The molecule has 77 heavy (non-hydrogen) atoms. The van der Waals surface area contributed by atoms with Gasteiger partial charge in [0.05, 0.1) is 37.0 Å². The predicted octanol–water partition coefficient (Wildman–Crippen LogP) is 12.3. The fourth-order valence-electron chi connectivity index (χ4n) is 16.4. The van der Waals surface area contributed by atoms with Gasteiger partial charge < -0.3 is 41.0 Å². The average molecular weight is 1050 g/mol. The van der Waals surface area contributed by atoms with E-state index in [0.717, 1.165) is 130 Å². The van der Waals surface area contributed by atoms with E-state index in [1.807, 2.05) is 18.2 Å². The number of ketones is 1. The number of phenols is 2. The van der Waals surface area contributed by atoms with E-state index in [2.05, 4.69) is 67.4 Å². The average Bonchev–Trinajstić information content (AvgIpc) is 4.08. The highest BCUT2D eigenvalue weighted by atomic mass is 16.5. The Morgan fingerprint density at radius 2 is 1.68 bits per heavy atom. The van der Waals surface area contributed by atoms with E-state index in [4.69, 9.17) is 20.2 Å². The number of allylic oxidation sites excluding steroid dienone is 3. The van der Waals surface area contributed by atoms with Crippen molar-refractivity contribution >= 4 is 11.7 Å². The van der Waals surface area contributed by atoms with Crippen LogP contribution in [0.1, 0.15) is 206 Å². The number of Topliss-reactive ketones (excluding diaryl/α,β-unsaturated/α-hetero) is 1. The molecular weight excluding hydrogens is 959 g/mol. The zero-order valence-corrected chi connectivity index (χ0v) is 46.2. The molecule has 7 N–H and O–H groups in total. The minimum Gasteiger partial charge on any atom is -0.508 e. The van der Waals surface area contributed by atoms with Crippen molar-refractivity contribution in [2.75, 3.05) is 19.8 Å². The first-order chi connectivity index (χ1) is 37.5. The Bertz CT molecular complexity index is 2780. The number of hydrogen-bond acceptors (Lipinski definition) is 10. The molecule has 1 heterocycles. The number of aliphatic hydroxyl groups is 2. The van der Waals surface area contributed by atoms with Gasteiger partial charge in [-0.15, -0.1) is 0 Å². The maximum absolute atomic E-state index is 14.7. The lowest BCUT2D eigenvalue weighted by molar-refractivity contribution is -0.116. The molecule has 0 aromatic heterocycles. The van der Waals surface area contributed by atoms with Crippen LogP contribution < -0.4 is 15.8 Å². The number of aliphatic hydroxyl groups excluding tert-OH is 2. The molecule has 0 radical (unpaired) electrons. The Hall–Kier alpha value is -5.08. The van der Waals surface area contributed by atoms with Crippen molar-refractivity contribution in [1.29, 1.82) is 0 Å². The summed E-state index contributed by atoms with van der Waals surface area (Å²) >= 11 is 0. The number of phenolic OH excluding ortho intramolecular Hbond substituents is 2. The largest absolute Gasteiger partial charge is 0.508 e. The maximum Gasteiger partial charge on any atom is 0.189 e. The number of ether oxygens (including phenoxy) is 2. The molecule has 9 unspecified atom stereocenters. The van der Waals surface area contributed by atoms with E-state index < -0.39 is 0 Å². The van der Waals surface area contributed by atoms with Gasteiger partial charge in [-0.05, 0) is 195 Å². The SMILES string of the molecule is CCC1C(CO)=C(C(=O)CCc2cc(OC3CCCC3)c(O)c3c2C#CCC2CC4C=C5C(CC(C)CC5C3C4COC3CCCCC3)c3cc(O)cc(c3)Cc3cccc(c3)C3(CCCCC3)NC(N)=N2)CCC1CO. The highest BCUT2D eigenvalue weighted by molar-refractivity contribution is 5.96. The quantitative estimate of drug-likeness (QED) is 0.0764. The maximum atomic E-state index is 14.7. The van der Waals surface area contributed by atoms with Gasteiger partial charge in [0.2, 0.25) is 0 Å². The fraction of sp³-hybridized carbons (Fsp3) is 0.612. The van der Waals surface area contributed by atoms with Gasteiger partial charge in [-0.1, -0.05) is 106 Å². The molecule has 8 aliphatic rings. The van der Waals surface area contributed by atoms with E-state index in [1.165, 1.54) is 29.5 Å². The van der Waals surface area contributed by atoms with Gasteiger partial charge in [-0.3, -0.25) is 4.79 Å². The van der Waals surface area contributed by atoms with E-state index in [0.29, 0.717) is 68.3 Å². The van der Waals surface area contributed by atoms with Crippen molar-refractivity contribution in [2.45, 2.75) is 204 Å². The second-order valence-electron chi connectivity index (χ2n) is 25.1. The summed E-state index contributed by atoms with van der Waals surface area (Å²) in [7, 11) is 0. The van der Waals surface area contributed by atoms with Crippen LogP contribution in [-0.2, 0) is 27.9 Å². The number of fused-ring (bicyclic) bond motifs is 11. The monoisotopic (exact) mass is 1050 g/mol. The Morgan fingerprint density at radius 1 is 0.896 bits per heavy atom. The number of guanidine groups is 1. The van der Waals surface area contributed by atoms with Gasteiger partial charge in [-0.2, -0.15) is 0 Å². The first kappa shape index (κ1) is 53.9. The Kier molecular flexibility index (Phi) is 16.6. The zero-order chi connectivity index (χ0) is 53.2. The summed E-state index contributed by atoms with van der Waals surface area (Å²) in [4.78, 5) is 20.2. The van der Waals surface area contributed by atoms with Crippen molar-refractivity contribution in [3.8, 4) is 29.1 Å². The standard InChI is InChI=1S/C67H87N3O7/c1-3-53-45(38-71)22-24-55(59(53)39-72)61(74)25-23-44-37-62(77-52-19-8-9-20-52)65(75)64-54(44)21-13-16-49-34-47-36-57-56(28-41(2)29-58(57)63(64)60(47)40-76-51-17-6-4-7-18-51)46-31-43(33-50(73)35-46)30-42-14-12-15-48(32-42)67(70-66(68)69-49)26-10-5-11-27-67/h12,14-15,31-33,35-37,41,45,47,49,51-53,56,58,60,63,71-73,75H,3-11,16-20,22-30,34,38-40H2,1-2H3,(H3,68,69,70). The van der Waals surface area contributed by atoms with Crippen molar-refractivity contribution < 1.29 is 34.7 Å². The van der Waals surface area contributed by atoms with Crippen LogP contribution in [0, 0.1) is 47.3 Å². The van der Waals surface area contributed by atoms with Crippen LogP contribution in [0.3, 0.4) is 0 Å². The van der Waals surface area contributed by atoms with Crippen molar-refractivity contribution in [3.05, 3.63) is 110 Å². The minimum atomic E-state index is -0.376. The molecule has 412 valence electrons. The van der Waals surface area contributed by atoms with Gasteiger partial charge in [0.25, 0.3) is 0 Å². The van der Waals surface area contributed by atoms with Gasteiger partial charge in [0.1, 0.15) is 5.75 Å². The lowest BCUT2D eigenvalue weighted by atomic mass is 9.55. The van der Waals surface area contributed by atoms with E-state index in [9.17, 15) is 25.2 Å². The van der Waals surface area contributed by atoms with Crippen LogP contribution in [-0.4, -0.2) is 70.2 Å². The molecule has 7 aliphatic carbocycles. The van der Waals surface area contributed by atoms with Crippen molar-refractivity contribution in [1.82, 2.24) is 5.32 Å². The molecule has 8 bridgehead atoms. The third-order valence-corrected chi connectivity index (χ3v) is 20.1. The summed E-state index contributed by atoms with van der Waals surface area (Å²) < 4.78 is 14.2. The molecule has 3 aromatic carbocycles. The summed E-state index contributed by atoms with van der Waals surface area (Å²) in [6.45, 7) is 4.82. The number of hydrogen-bond donors (Lipinski definition) is 6. The molecule has 4 fully saturated rings. The van der Waals surface area contributed by atoms with E-state index >= 15 is 0 Å². The number of carbonyl (C=O) groups excluding carboxylic acids is 1. The van der Waals surface area contributed by atoms with Crippen molar-refractivity contribution in [3.63, 3.8) is 0 Å². The first-order valence-electron chi connectivity index (χ1n) is 30.4. The fourth-order valence-corrected chi connectivity index (χ4v) is 16.4. The second-order valence-corrected chi connectivity index (χ2v) is 25.1. The Labute approximate surface area is 458 Å². The van der Waals surface area contributed by atoms with Gasteiger partial charge in [0.15, 0.2) is 23.2 Å². The number of aromatic hydroxyl groups is 2. The molecule has 11 rings (SSSR count). The van der Waals surface area contributed by atoms with Crippen LogP contribution in [0.25, 0.3) is 0 Å². The van der Waals surface area contributed by atoms with Crippen molar-refractivity contribution in [2.24, 2.45) is 46.2 Å². The van der Waals surface area contributed by atoms with E-state index in [1.54, 1.807) is 0 Å². The number of aliphatic imine (C=N–C) groups is 1. The number of nitrogens with one attached hydrogen (secondary N) is 1. The summed E-state index contributed by atoms with van der Waals surface area (Å²) in [6, 6.07) is 17.0. The first-order valence-corrected chi connectivity index (χ1v) is 30.4. The third-order valence-electron chi connectivity index (χ3n) is 20.1.